The molecule has 2 atom stereocenters. The summed E-state index contributed by atoms with van der Waals surface area (Å²) in [5.74, 6) is -2.04. The van der Waals surface area contributed by atoms with Gasteiger partial charge in [-0.15, -0.1) is 0 Å². The predicted molar refractivity (Wildman–Crippen MR) is 77.0 cm³/mol. The molecule has 1 heterocycles. The monoisotopic (exact) mass is 313 g/mol. The van der Waals surface area contributed by atoms with Crippen LogP contribution in [0.1, 0.15) is 32.6 Å². The van der Waals surface area contributed by atoms with Crippen LogP contribution in [-0.4, -0.2) is 37.0 Å². The van der Waals surface area contributed by atoms with Gasteiger partial charge in [-0.05, 0) is 18.9 Å². The Hall–Kier alpha value is -1.72. The van der Waals surface area contributed by atoms with Crippen LogP contribution in [-0.2, 0) is 14.3 Å². The van der Waals surface area contributed by atoms with Gasteiger partial charge in [-0.1, -0.05) is 6.92 Å². The molecule has 0 N–H and O–H groups in total. The highest BCUT2D eigenvalue weighted by molar-refractivity contribution is 5.81. The minimum atomic E-state index is -0.413. The van der Waals surface area contributed by atoms with Crippen LogP contribution >= 0.6 is 0 Å². The molecule has 0 aromatic heterocycles. The zero-order valence-electron chi connectivity index (χ0n) is 12.9. The van der Waals surface area contributed by atoms with Gasteiger partial charge in [0.25, 0.3) is 0 Å². The Bertz CT molecular complexity index is 527. The molecule has 6 heteroatoms. The van der Waals surface area contributed by atoms with Crippen LogP contribution < -0.4 is 0 Å². The van der Waals surface area contributed by atoms with Crippen LogP contribution in [0.25, 0.3) is 0 Å². The van der Waals surface area contributed by atoms with Gasteiger partial charge in [-0.25, -0.2) is 8.78 Å². The van der Waals surface area contributed by atoms with Gasteiger partial charge in [0.05, 0.1) is 13.0 Å². The van der Waals surface area contributed by atoms with Crippen molar-refractivity contribution in [2.75, 3.05) is 20.2 Å². The van der Waals surface area contributed by atoms with Gasteiger partial charge in [0.15, 0.2) is 0 Å². The normalized spacial score (nSPS) is 26.1. The zero-order chi connectivity index (χ0) is 16.3. The molecule has 0 spiro atoms. The fraction of sp³-hybridized carbons (Fsp3) is 0.625. The summed E-state index contributed by atoms with van der Waals surface area (Å²) in [5, 5.41) is 0. The van der Waals surface area contributed by atoms with E-state index >= 15 is 0 Å². The molecule has 122 valence electrons. The van der Waals surface area contributed by atoms with Crippen LogP contribution in [0.15, 0.2) is 23.3 Å². The van der Waals surface area contributed by atoms with Gasteiger partial charge < -0.3 is 9.64 Å². The van der Waals surface area contributed by atoms with Gasteiger partial charge in [0, 0.05) is 37.4 Å². The third-order valence-corrected chi connectivity index (χ3v) is 4.36. The van der Waals surface area contributed by atoms with Crippen LogP contribution in [0.4, 0.5) is 8.78 Å². The lowest BCUT2D eigenvalue weighted by Crippen LogP contribution is -2.43. The second-order valence-corrected chi connectivity index (χ2v) is 5.80. The van der Waals surface area contributed by atoms with E-state index in [0.717, 1.165) is 0 Å². The number of halogens is 2. The van der Waals surface area contributed by atoms with Crippen LogP contribution in [0, 0.1) is 11.8 Å². The van der Waals surface area contributed by atoms with Gasteiger partial charge in [-0.3, -0.25) is 9.59 Å². The number of amides is 1. The number of hydrogen-bond donors (Lipinski definition) is 0. The Balaban J connectivity index is 2.08. The highest BCUT2D eigenvalue weighted by Crippen LogP contribution is 2.33. The Morgan fingerprint density at radius 1 is 1.45 bits per heavy atom. The summed E-state index contributed by atoms with van der Waals surface area (Å²) >= 11 is 0. The Morgan fingerprint density at radius 2 is 2.18 bits per heavy atom. The van der Waals surface area contributed by atoms with E-state index in [1.165, 1.54) is 18.1 Å². The molecular formula is C16H21F2NO3. The summed E-state index contributed by atoms with van der Waals surface area (Å²) in [5.41, 5.74) is 0.195. The summed E-state index contributed by atoms with van der Waals surface area (Å²) in [6.45, 7) is 2.00. The number of methoxy groups -OCH3 is 1. The first-order valence-electron chi connectivity index (χ1n) is 7.56. The largest absolute Gasteiger partial charge is 0.469 e. The van der Waals surface area contributed by atoms with Gasteiger partial charge >= 0.3 is 5.97 Å². The Kier molecular flexibility index (Phi) is 5.32. The second-order valence-electron chi connectivity index (χ2n) is 5.80. The highest BCUT2D eigenvalue weighted by atomic mass is 19.1. The van der Waals surface area contributed by atoms with Gasteiger partial charge in [0.1, 0.15) is 11.7 Å². The maximum atomic E-state index is 14.1. The molecule has 1 aliphatic carbocycles. The van der Waals surface area contributed by atoms with E-state index in [1.54, 1.807) is 0 Å². The van der Waals surface area contributed by atoms with E-state index in [9.17, 15) is 18.4 Å². The van der Waals surface area contributed by atoms with Crippen molar-refractivity contribution in [3.8, 4) is 0 Å². The number of carbonyl (C=O) groups excluding carboxylic acids is 2. The van der Waals surface area contributed by atoms with Crippen molar-refractivity contribution in [2.45, 2.75) is 32.6 Å². The number of piperidine rings is 1. The number of carbonyl (C=O) groups is 2. The minimum absolute atomic E-state index is 0.00200. The Labute approximate surface area is 128 Å². The van der Waals surface area contributed by atoms with Crippen molar-refractivity contribution < 1.29 is 23.1 Å². The highest BCUT2D eigenvalue weighted by Gasteiger charge is 2.32. The number of hydrogen-bond acceptors (Lipinski definition) is 3. The fourth-order valence-electron chi connectivity index (χ4n) is 2.91. The second kappa shape index (κ2) is 7.03. The lowest BCUT2D eigenvalue weighted by molar-refractivity contribution is -0.150. The number of likely N-dealkylation sites (tertiary alicyclic amines) is 1. The van der Waals surface area contributed by atoms with E-state index in [1.807, 2.05) is 6.92 Å². The molecule has 2 rings (SSSR count). The fourth-order valence-corrected chi connectivity index (χ4v) is 2.91. The average molecular weight is 313 g/mol. The molecule has 22 heavy (non-hydrogen) atoms. The number of nitrogens with zero attached hydrogens (tertiary/aromatic N) is 1. The topological polar surface area (TPSA) is 46.6 Å². The summed E-state index contributed by atoms with van der Waals surface area (Å²) < 4.78 is 32.7. The molecule has 1 aliphatic heterocycles. The molecule has 1 saturated heterocycles. The molecule has 1 amide bonds. The van der Waals surface area contributed by atoms with E-state index in [-0.39, 0.29) is 55.0 Å². The third-order valence-electron chi connectivity index (χ3n) is 4.36. The van der Waals surface area contributed by atoms with Crippen molar-refractivity contribution in [3.05, 3.63) is 23.3 Å². The maximum absolute atomic E-state index is 14.1. The lowest BCUT2D eigenvalue weighted by Gasteiger charge is -2.32. The molecule has 0 radical (unpaired) electrons. The van der Waals surface area contributed by atoms with Crippen molar-refractivity contribution >= 4 is 11.9 Å². The first kappa shape index (κ1) is 16.6. The third kappa shape index (κ3) is 3.54. The van der Waals surface area contributed by atoms with Crippen LogP contribution in [0.3, 0.4) is 0 Å². The number of rotatable bonds is 4. The standard InChI is InChI=1S/C16H21F2NO3/c1-3-10-6-14(18)12(7-13(10)17)9-19-8-11(16(21)22-2)4-5-15(19)20/h7,10-11H,3-6,8-9H2,1-2H3. The van der Waals surface area contributed by atoms with E-state index in [4.69, 9.17) is 4.74 Å². The van der Waals surface area contributed by atoms with E-state index < -0.39 is 11.8 Å². The minimum Gasteiger partial charge on any atom is -0.469 e. The molecular weight excluding hydrogens is 292 g/mol. The van der Waals surface area contributed by atoms with Crippen LogP contribution in [0.2, 0.25) is 0 Å². The first-order chi connectivity index (χ1) is 10.5. The first-order valence-corrected chi connectivity index (χ1v) is 7.56. The summed E-state index contributed by atoms with van der Waals surface area (Å²) in [4.78, 5) is 25.0. The van der Waals surface area contributed by atoms with E-state index in [2.05, 4.69) is 0 Å². The smallest absolute Gasteiger partial charge is 0.310 e. The predicted octanol–water partition coefficient (Wildman–Crippen LogP) is 2.90. The summed E-state index contributed by atoms with van der Waals surface area (Å²) in [6, 6.07) is 0. The number of allylic oxidation sites excluding steroid dienone is 2. The molecule has 0 bridgehead atoms. The molecule has 0 aromatic rings. The SMILES string of the molecule is CCC1CC(F)=C(CN2CC(C(=O)OC)CCC2=O)C=C1F. The van der Waals surface area contributed by atoms with E-state index in [0.29, 0.717) is 12.8 Å². The van der Waals surface area contributed by atoms with Crippen molar-refractivity contribution in [1.29, 1.82) is 0 Å². The lowest BCUT2D eigenvalue weighted by atomic mass is 9.91. The van der Waals surface area contributed by atoms with Crippen LogP contribution in [0.5, 0.6) is 0 Å². The van der Waals surface area contributed by atoms with Gasteiger partial charge in [-0.2, -0.15) is 0 Å². The number of esters is 1. The summed E-state index contributed by atoms with van der Waals surface area (Å²) in [6.07, 6.45) is 2.43. The molecule has 4 nitrogen and oxygen atoms in total. The molecule has 1 fully saturated rings. The number of ether oxygens (including phenoxy) is 1. The molecule has 0 saturated carbocycles. The Morgan fingerprint density at radius 3 is 2.82 bits per heavy atom. The quantitative estimate of drug-likeness (QED) is 0.750. The molecule has 0 aromatic carbocycles. The molecule has 2 aliphatic rings. The average Bonchev–Trinajstić information content (AvgIpc) is 2.51. The maximum Gasteiger partial charge on any atom is 0.310 e. The van der Waals surface area contributed by atoms with Crippen molar-refractivity contribution in [1.82, 2.24) is 4.90 Å². The van der Waals surface area contributed by atoms with Crippen molar-refractivity contribution in [2.24, 2.45) is 11.8 Å². The molecule has 2 unspecified atom stereocenters. The zero-order valence-corrected chi connectivity index (χ0v) is 12.9. The van der Waals surface area contributed by atoms with Crippen molar-refractivity contribution in [3.63, 3.8) is 0 Å². The van der Waals surface area contributed by atoms with Gasteiger partial charge in [0.2, 0.25) is 5.91 Å². The summed E-state index contributed by atoms with van der Waals surface area (Å²) in [7, 11) is 1.30.